The standard InChI is InChI=1S/C29H41ClN4O3/c1-20-21(2)27(37-19-29(35)31-13-14-32(3)4)12-10-24(20)26-8-6-7-23-18-33(15-16-34(23)26)22-9-11-25(30)28(17-22)36-5/h9-12,17,23,26H,6-8,13-16,18-19H2,1-5H3,(H,31,35)/t23?,26-/m1/s1. The third-order valence-corrected chi connectivity index (χ3v) is 8.13. The smallest absolute Gasteiger partial charge is 0.257 e. The molecule has 0 radical (unpaired) electrons. The zero-order chi connectivity index (χ0) is 26.5. The maximum Gasteiger partial charge on any atom is 0.257 e. The minimum atomic E-state index is -0.0886. The maximum atomic E-state index is 12.2. The van der Waals surface area contributed by atoms with Crippen molar-refractivity contribution in [2.75, 3.05) is 65.4 Å². The van der Waals surface area contributed by atoms with Crippen molar-refractivity contribution in [1.29, 1.82) is 0 Å². The Bertz CT molecular complexity index is 1090. The molecule has 2 aromatic rings. The Hall–Kier alpha value is -2.48. The summed E-state index contributed by atoms with van der Waals surface area (Å²) in [5.74, 6) is 1.43. The number of nitrogens with zero attached hydrogens (tertiary/aromatic N) is 3. The van der Waals surface area contributed by atoms with Gasteiger partial charge in [0.1, 0.15) is 11.5 Å². The van der Waals surface area contributed by atoms with Gasteiger partial charge in [0.25, 0.3) is 5.91 Å². The first-order chi connectivity index (χ1) is 17.8. The lowest BCUT2D eigenvalue weighted by molar-refractivity contribution is -0.123. The van der Waals surface area contributed by atoms with Gasteiger partial charge < -0.3 is 24.6 Å². The highest BCUT2D eigenvalue weighted by Gasteiger charge is 2.36. The van der Waals surface area contributed by atoms with Crippen molar-refractivity contribution in [2.45, 2.75) is 45.2 Å². The average molecular weight is 529 g/mol. The van der Waals surface area contributed by atoms with E-state index in [1.165, 1.54) is 36.1 Å². The van der Waals surface area contributed by atoms with E-state index in [1.807, 2.05) is 37.2 Å². The van der Waals surface area contributed by atoms with Crippen molar-refractivity contribution < 1.29 is 14.3 Å². The molecule has 0 bridgehead atoms. The Labute approximate surface area is 226 Å². The highest BCUT2D eigenvalue weighted by atomic mass is 35.5. The molecule has 7 nitrogen and oxygen atoms in total. The van der Waals surface area contributed by atoms with E-state index < -0.39 is 0 Å². The fourth-order valence-electron chi connectivity index (χ4n) is 5.61. The Kier molecular flexibility index (Phi) is 9.22. The van der Waals surface area contributed by atoms with Crippen LogP contribution in [0.1, 0.15) is 42.0 Å². The van der Waals surface area contributed by atoms with Gasteiger partial charge >= 0.3 is 0 Å². The Morgan fingerprint density at radius 3 is 2.68 bits per heavy atom. The largest absolute Gasteiger partial charge is 0.495 e. The van der Waals surface area contributed by atoms with Crippen LogP contribution in [0.5, 0.6) is 11.5 Å². The van der Waals surface area contributed by atoms with E-state index in [2.05, 4.69) is 41.1 Å². The summed E-state index contributed by atoms with van der Waals surface area (Å²) >= 11 is 6.26. The minimum absolute atomic E-state index is 0.0377. The van der Waals surface area contributed by atoms with Gasteiger partial charge in [-0.25, -0.2) is 0 Å². The fourth-order valence-corrected chi connectivity index (χ4v) is 5.81. The molecule has 2 fully saturated rings. The number of hydrogen-bond acceptors (Lipinski definition) is 6. The molecule has 202 valence electrons. The molecule has 2 heterocycles. The van der Waals surface area contributed by atoms with Crippen LogP contribution in [0.2, 0.25) is 5.02 Å². The summed E-state index contributed by atoms with van der Waals surface area (Å²) in [5.41, 5.74) is 4.93. The van der Waals surface area contributed by atoms with E-state index >= 15 is 0 Å². The Morgan fingerprint density at radius 1 is 1.11 bits per heavy atom. The van der Waals surface area contributed by atoms with E-state index in [1.54, 1.807) is 7.11 Å². The van der Waals surface area contributed by atoms with Gasteiger partial charge in [0.15, 0.2) is 6.61 Å². The maximum absolute atomic E-state index is 12.2. The molecule has 4 rings (SSSR count). The zero-order valence-corrected chi connectivity index (χ0v) is 23.6. The first-order valence-electron chi connectivity index (χ1n) is 13.3. The summed E-state index contributed by atoms with van der Waals surface area (Å²) in [6.07, 6.45) is 3.59. The molecule has 0 aromatic heterocycles. The number of carbonyl (C=O) groups is 1. The molecular formula is C29H41ClN4O3. The number of carbonyl (C=O) groups excluding carboxylic acids is 1. The van der Waals surface area contributed by atoms with Crippen LogP contribution >= 0.6 is 11.6 Å². The third kappa shape index (κ3) is 6.51. The number of benzene rings is 2. The number of piperazine rings is 1. The number of piperidine rings is 1. The van der Waals surface area contributed by atoms with E-state index in [9.17, 15) is 4.79 Å². The molecule has 2 aliphatic heterocycles. The highest BCUT2D eigenvalue weighted by Crippen LogP contribution is 2.40. The molecule has 2 atom stereocenters. The van der Waals surface area contributed by atoms with Crippen molar-refractivity contribution in [2.24, 2.45) is 0 Å². The van der Waals surface area contributed by atoms with Gasteiger partial charge in [-0.1, -0.05) is 17.7 Å². The van der Waals surface area contributed by atoms with Crippen molar-refractivity contribution in [3.63, 3.8) is 0 Å². The van der Waals surface area contributed by atoms with Gasteiger partial charge in [0.05, 0.1) is 12.1 Å². The number of hydrogen-bond donors (Lipinski definition) is 1. The molecule has 1 N–H and O–H groups in total. The summed E-state index contributed by atoms with van der Waals surface area (Å²) in [6, 6.07) is 11.2. The number of anilines is 1. The van der Waals surface area contributed by atoms with Crippen LogP contribution in [0.15, 0.2) is 30.3 Å². The zero-order valence-electron chi connectivity index (χ0n) is 22.8. The third-order valence-electron chi connectivity index (χ3n) is 7.82. The number of fused-ring (bicyclic) bond motifs is 1. The molecule has 0 spiro atoms. The second-order valence-electron chi connectivity index (χ2n) is 10.4. The molecule has 2 aliphatic rings. The predicted octanol–water partition coefficient (Wildman–Crippen LogP) is 4.44. The van der Waals surface area contributed by atoms with Crippen LogP contribution in [0.4, 0.5) is 5.69 Å². The Balaban J connectivity index is 1.41. The molecule has 2 saturated heterocycles. The summed E-state index contributed by atoms with van der Waals surface area (Å²) in [7, 11) is 5.64. The molecular weight excluding hydrogens is 488 g/mol. The van der Waals surface area contributed by atoms with Crippen LogP contribution in [0, 0.1) is 13.8 Å². The normalized spacial score (nSPS) is 20.0. The van der Waals surface area contributed by atoms with Gasteiger partial charge in [-0.15, -0.1) is 0 Å². The lowest BCUT2D eigenvalue weighted by atomic mass is 9.86. The predicted molar refractivity (Wildman–Crippen MR) is 150 cm³/mol. The number of methoxy groups -OCH3 is 1. The highest BCUT2D eigenvalue weighted by molar-refractivity contribution is 6.32. The van der Waals surface area contributed by atoms with E-state index in [-0.39, 0.29) is 12.5 Å². The van der Waals surface area contributed by atoms with Gasteiger partial charge in [-0.3, -0.25) is 9.69 Å². The molecule has 1 unspecified atom stereocenters. The first kappa shape index (κ1) is 27.6. The van der Waals surface area contributed by atoms with Crippen LogP contribution in [-0.2, 0) is 4.79 Å². The molecule has 1 amide bonds. The number of nitrogens with one attached hydrogen (secondary N) is 1. The lowest BCUT2D eigenvalue weighted by Gasteiger charge is -2.49. The van der Waals surface area contributed by atoms with Crippen LogP contribution in [0.3, 0.4) is 0 Å². The Morgan fingerprint density at radius 2 is 1.92 bits per heavy atom. The van der Waals surface area contributed by atoms with Crippen molar-refractivity contribution in [1.82, 2.24) is 15.1 Å². The molecule has 0 saturated carbocycles. The topological polar surface area (TPSA) is 57.3 Å². The summed E-state index contributed by atoms with van der Waals surface area (Å²) in [6.45, 7) is 8.75. The van der Waals surface area contributed by atoms with Crippen LogP contribution in [-0.4, -0.2) is 82.3 Å². The fraction of sp³-hybridized carbons (Fsp3) is 0.552. The van der Waals surface area contributed by atoms with Crippen LogP contribution in [0.25, 0.3) is 0 Å². The quantitative estimate of drug-likeness (QED) is 0.519. The van der Waals surface area contributed by atoms with Gasteiger partial charge in [-0.05, 0) is 82.1 Å². The number of likely N-dealkylation sites (N-methyl/N-ethyl adjacent to an activating group) is 1. The molecule has 0 aliphatic carbocycles. The van der Waals surface area contributed by atoms with Gasteiger partial charge in [0.2, 0.25) is 0 Å². The minimum Gasteiger partial charge on any atom is -0.495 e. The summed E-state index contributed by atoms with van der Waals surface area (Å²) in [5, 5.41) is 3.55. The number of rotatable bonds is 9. The van der Waals surface area contributed by atoms with Gasteiger partial charge in [-0.2, -0.15) is 0 Å². The van der Waals surface area contributed by atoms with Gasteiger partial charge in [0, 0.05) is 56.6 Å². The molecule has 8 heteroatoms. The summed E-state index contributed by atoms with van der Waals surface area (Å²) < 4.78 is 11.4. The summed E-state index contributed by atoms with van der Waals surface area (Å²) in [4.78, 5) is 19.4. The van der Waals surface area contributed by atoms with Crippen molar-refractivity contribution in [3.05, 3.63) is 52.0 Å². The van der Waals surface area contributed by atoms with Crippen molar-refractivity contribution in [3.8, 4) is 11.5 Å². The first-order valence-corrected chi connectivity index (χ1v) is 13.6. The number of halogens is 1. The van der Waals surface area contributed by atoms with E-state index in [4.69, 9.17) is 21.1 Å². The molecule has 37 heavy (non-hydrogen) atoms. The number of ether oxygens (including phenoxy) is 2. The molecule has 2 aromatic carbocycles. The number of amides is 1. The monoisotopic (exact) mass is 528 g/mol. The van der Waals surface area contributed by atoms with Crippen molar-refractivity contribution >= 4 is 23.2 Å². The van der Waals surface area contributed by atoms with E-state index in [0.717, 1.165) is 43.2 Å². The van der Waals surface area contributed by atoms with Crippen LogP contribution < -0.4 is 19.7 Å². The van der Waals surface area contributed by atoms with E-state index in [0.29, 0.717) is 23.7 Å². The second kappa shape index (κ2) is 12.4. The SMILES string of the molecule is COc1cc(N2CCN3C(CCC[C@@H]3c3ccc(OCC(=O)NCCN(C)C)c(C)c3C)C2)ccc1Cl. The second-order valence-corrected chi connectivity index (χ2v) is 10.9. The lowest BCUT2D eigenvalue weighted by Crippen LogP contribution is -2.56. The average Bonchev–Trinajstić information content (AvgIpc) is 2.89.